The Hall–Kier alpha value is -9.62. The molecule has 0 aliphatic rings. The van der Waals surface area contributed by atoms with Crippen molar-refractivity contribution in [2.45, 2.75) is 0 Å². The van der Waals surface area contributed by atoms with Crippen LogP contribution < -0.4 is 0 Å². The molecule has 0 heteroatoms. The van der Waals surface area contributed by atoms with E-state index in [1.807, 2.05) is 0 Å². The summed E-state index contributed by atoms with van der Waals surface area (Å²) in [5, 5.41) is 25.9. The van der Waals surface area contributed by atoms with Gasteiger partial charge >= 0.3 is 0 Å². The minimum atomic E-state index is 1.26. The highest BCUT2D eigenvalue weighted by molar-refractivity contribution is 6.30. The summed E-state index contributed by atoms with van der Waals surface area (Å²) in [6, 6.07) is 102. The van der Waals surface area contributed by atoms with Crippen molar-refractivity contribution in [1.82, 2.24) is 0 Å². The van der Waals surface area contributed by atoms with Gasteiger partial charge in [-0.25, -0.2) is 0 Å². The second-order valence-electron chi connectivity index (χ2n) is 19.8. The summed E-state index contributed by atoms with van der Waals surface area (Å²) in [4.78, 5) is 0. The lowest BCUT2D eigenvalue weighted by atomic mass is 9.83. The van der Waals surface area contributed by atoms with E-state index in [0.717, 1.165) is 0 Å². The maximum Gasteiger partial charge on any atom is -0.00201 e. The van der Waals surface area contributed by atoms with Gasteiger partial charge in [-0.2, -0.15) is 0 Å². The van der Waals surface area contributed by atoms with Gasteiger partial charge in [-0.1, -0.05) is 267 Å². The van der Waals surface area contributed by atoms with Gasteiger partial charge in [0, 0.05) is 0 Å². The Morgan fingerprint density at radius 1 is 0.149 bits per heavy atom. The van der Waals surface area contributed by atoms with E-state index in [9.17, 15) is 0 Å². The van der Waals surface area contributed by atoms with Gasteiger partial charge in [-0.3, -0.25) is 0 Å². The zero-order valence-electron chi connectivity index (χ0n) is 40.6. The van der Waals surface area contributed by atoms with Crippen LogP contribution in [0.4, 0.5) is 0 Å². The molecule has 0 radical (unpaired) electrons. The highest BCUT2D eigenvalue weighted by Gasteiger charge is 2.21. The average Bonchev–Trinajstić information content (AvgIpc) is 3.51. The SMILES string of the molecule is c1ccc2cc(-c3c4ccccc4c(-c4ccc5ccc6cccc7ccc4c5c67)c4ccccc34)ccc2c1.c1ccc2cc(-c3c4ccccc4c(-c4cccc5ccccc45)c4ccccc34)ccc2c1. The summed E-state index contributed by atoms with van der Waals surface area (Å²) in [6.07, 6.45) is 0. The van der Waals surface area contributed by atoms with Crippen LogP contribution in [0.2, 0.25) is 0 Å². The maximum absolute atomic E-state index is 2.35. The number of hydrogen-bond acceptors (Lipinski definition) is 0. The van der Waals surface area contributed by atoms with Crippen LogP contribution >= 0.6 is 0 Å². The van der Waals surface area contributed by atoms with Crippen LogP contribution in [0.25, 0.3) is 152 Å². The highest BCUT2D eigenvalue weighted by Crippen LogP contribution is 2.49. The van der Waals surface area contributed by atoms with Gasteiger partial charge in [0.15, 0.2) is 0 Å². The smallest absolute Gasteiger partial charge is 0.00201 e. The van der Waals surface area contributed by atoms with Crippen molar-refractivity contribution in [2.24, 2.45) is 0 Å². The molecular formula is C74H46. The van der Waals surface area contributed by atoms with E-state index in [1.54, 1.807) is 0 Å². The molecular weight excluding hydrogens is 889 g/mol. The minimum absolute atomic E-state index is 1.26. The van der Waals surface area contributed by atoms with E-state index in [1.165, 1.54) is 152 Å². The molecule has 0 nitrogen and oxygen atoms in total. The van der Waals surface area contributed by atoms with Crippen molar-refractivity contribution in [2.75, 3.05) is 0 Å². The molecule has 16 aromatic rings. The molecule has 0 aliphatic heterocycles. The summed E-state index contributed by atoms with van der Waals surface area (Å²) in [5.41, 5.74) is 10.3. The van der Waals surface area contributed by atoms with Gasteiger partial charge in [0.2, 0.25) is 0 Å². The van der Waals surface area contributed by atoms with E-state index >= 15 is 0 Å². The first kappa shape index (κ1) is 42.1. The van der Waals surface area contributed by atoms with Gasteiger partial charge in [-0.15, -0.1) is 0 Å². The van der Waals surface area contributed by atoms with Crippen LogP contribution in [0, 0.1) is 0 Å². The zero-order chi connectivity index (χ0) is 48.7. The number of benzene rings is 16. The van der Waals surface area contributed by atoms with Crippen LogP contribution in [0.1, 0.15) is 0 Å². The Morgan fingerprint density at radius 3 is 0.946 bits per heavy atom. The van der Waals surface area contributed by atoms with Crippen LogP contribution in [0.3, 0.4) is 0 Å². The minimum Gasteiger partial charge on any atom is -0.0616 e. The Labute approximate surface area is 429 Å². The van der Waals surface area contributed by atoms with Gasteiger partial charge in [-0.05, 0) is 164 Å². The molecule has 0 N–H and O–H groups in total. The summed E-state index contributed by atoms with van der Waals surface area (Å²) < 4.78 is 0. The van der Waals surface area contributed by atoms with Crippen LogP contribution in [-0.4, -0.2) is 0 Å². The second-order valence-corrected chi connectivity index (χ2v) is 19.8. The van der Waals surface area contributed by atoms with Crippen LogP contribution in [0.15, 0.2) is 279 Å². The molecule has 0 aliphatic carbocycles. The molecule has 0 fully saturated rings. The molecule has 0 amide bonds. The number of rotatable bonds is 4. The number of fused-ring (bicyclic) bond motifs is 7. The summed E-state index contributed by atoms with van der Waals surface area (Å²) >= 11 is 0. The molecule has 0 heterocycles. The molecule has 0 saturated heterocycles. The van der Waals surface area contributed by atoms with Crippen molar-refractivity contribution in [3.8, 4) is 44.5 Å². The summed E-state index contributed by atoms with van der Waals surface area (Å²) in [6.45, 7) is 0. The molecule has 0 bridgehead atoms. The quantitative estimate of drug-likeness (QED) is 0.122. The standard InChI is InChI=1S/C40H24.C34H22/c1-2-9-29-24-30(19-16-25(29)8-1)38-31-12-3-5-14-33(31)40(34-15-6-4-13-32(34)38)36-23-21-28-18-17-26-10-7-11-27-20-22-35(36)39(28)37(26)27;1-2-12-25-22-26(21-20-23(25)10-1)33-29-15-5-7-17-31(29)34(32-18-8-6-16-30(32)33)28-19-9-13-24-11-3-4-14-27(24)28/h1-24H;1-22H. The van der Waals surface area contributed by atoms with Crippen molar-refractivity contribution in [3.05, 3.63) is 279 Å². The molecule has 74 heavy (non-hydrogen) atoms. The maximum atomic E-state index is 2.35. The predicted molar refractivity (Wildman–Crippen MR) is 321 cm³/mol. The van der Waals surface area contributed by atoms with E-state index in [4.69, 9.17) is 0 Å². The third kappa shape index (κ3) is 6.62. The Morgan fingerprint density at radius 2 is 0.459 bits per heavy atom. The third-order valence-electron chi connectivity index (χ3n) is 15.8. The lowest BCUT2D eigenvalue weighted by Gasteiger charge is -2.20. The molecule has 0 saturated carbocycles. The molecule has 0 unspecified atom stereocenters. The Kier molecular flexibility index (Phi) is 9.68. The van der Waals surface area contributed by atoms with Crippen molar-refractivity contribution >= 4 is 108 Å². The Balaban J connectivity index is 0.000000133. The lowest BCUT2D eigenvalue weighted by molar-refractivity contribution is 1.68. The van der Waals surface area contributed by atoms with E-state index in [-0.39, 0.29) is 0 Å². The monoisotopic (exact) mass is 934 g/mol. The van der Waals surface area contributed by atoms with Gasteiger partial charge in [0.25, 0.3) is 0 Å². The Bertz CT molecular complexity index is 4770. The molecule has 0 spiro atoms. The average molecular weight is 935 g/mol. The molecule has 342 valence electrons. The van der Waals surface area contributed by atoms with E-state index in [0.29, 0.717) is 0 Å². The lowest BCUT2D eigenvalue weighted by Crippen LogP contribution is -1.92. The molecule has 16 rings (SSSR count). The van der Waals surface area contributed by atoms with Gasteiger partial charge in [0.1, 0.15) is 0 Å². The first-order valence-electron chi connectivity index (χ1n) is 25.7. The predicted octanol–water partition coefficient (Wildman–Crippen LogP) is 21.0. The van der Waals surface area contributed by atoms with Crippen molar-refractivity contribution in [3.63, 3.8) is 0 Å². The van der Waals surface area contributed by atoms with Gasteiger partial charge < -0.3 is 0 Å². The highest BCUT2D eigenvalue weighted by atomic mass is 14.2. The molecule has 0 aromatic heterocycles. The van der Waals surface area contributed by atoms with Crippen molar-refractivity contribution in [1.29, 1.82) is 0 Å². The normalized spacial score (nSPS) is 11.8. The van der Waals surface area contributed by atoms with E-state index in [2.05, 4.69) is 279 Å². The van der Waals surface area contributed by atoms with E-state index < -0.39 is 0 Å². The first-order chi connectivity index (χ1) is 36.7. The second kappa shape index (κ2) is 17.0. The fourth-order valence-corrected chi connectivity index (χ4v) is 12.5. The fourth-order valence-electron chi connectivity index (χ4n) is 12.5. The van der Waals surface area contributed by atoms with Crippen molar-refractivity contribution < 1.29 is 0 Å². The van der Waals surface area contributed by atoms with Crippen LogP contribution in [-0.2, 0) is 0 Å². The molecule has 16 aromatic carbocycles. The molecule has 0 atom stereocenters. The third-order valence-corrected chi connectivity index (χ3v) is 15.8. The number of hydrogen-bond donors (Lipinski definition) is 0. The largest absolute Gasteiger partial charge is 0.0616 e. The van der Waals surface area contributed by atoms with Gasteiger partial charge in [0.05, 0.1) is 0 Å². The fraction of sp³-hybridized carbons (Fsp3) is 0. The first-order valence-corrected chi connectivity index (χ1v) is 25.7. The summed E-state index contributed by atoms with van der Waals surface area (Å²) in [5.74, 6) is 0. The van der Waals surface area contributed by atoms with Crippen LogP contribution in [0.5, 0.6) is 0 Å². The summed E-state index contributed by atoms with van der Waals surface area (Å²) in [7, 11) is 0. The zero-order valence-corrected chi connectivity index (χ0v) is 40.6. The topological polar surface area (TPSA) is 0 Å².